The van der Waals surface area contributed by atoms with Crippen LogP contribution in [0.1, 0.15) is 26.7 Å². The highest BCUT2D eigenvalue weighted by Gasteiger charge is 2.41. The first-order valence-corrected chi connectivity index (χ1v) is 12.3. The van der Waals surface area contributed by atoms with Crippen molar-refractivity contribution in [2.75, 3.05) is 38.1 Å². The highest BCUT2D eigenvalue weighted by Crippen LogP contribution is 2.34. The van der Waals surface area contributed by atoms with Gasteiger partial charge in [-0.05, 0) is 38.5 Å². The van der Waals surface area contributed by atoms with Crippen molar-refractivity contribution in [3.05, 3.63) is 35.6 Å². The predicted octanol–water partition coefficient (Wildman–Crippen LogP) is 4.05. The van der Waals surface area contributed by atoms with E-state index in [1.165, 1.54) is 4.90 Å². The number of likely N-dealkylation sites (tertiary alicyclic amines) is 1. The summed E-state index contributed by atoms with van der Waals surface area (Å²) in [5.74, 6) is -3.68. The van der Waals surface area contributed by atoms with Crippen LogP contribution >= 0.6 is 11.6 Å². The molecule has 1 atom stereocenters. The van der Waals surface area contributed by atoms with E-state index in [2.05, 4.69) is 15.3 Å². The van der Waals surface area contributed by atoms with E-state index in [9.17, 15) is 18.4 Å². The molecule has 2 aliphatic heterocycles. The van der Waals surface area contributed by atoms with Gasteiger partial charge < -0.3 is 19.9 Å². The third-order valence-corrected chi connectivity index (χ3v) is 6.99. The molecule has 2 amide bonds. The molecule has 5 rings (SSSR count). The second-order valence-electron chi connectivity index (χ2n) is 10.2. The quantitative estimate of drug-likeness (QED) is 0.543. The Hall–Kier alpha value is -2.82. The monoisotopic (exact) mass is 519 g/mol. The lowest BCUT2D eigenvalue weighted by Crippen LogP contribution is -2.60. The fourth-order valence-electron chi connectivity index (χ4n) is 5.05. The molecule has 2 N–H and O–H groups in total. The molecule has 0 radical (unpaired) electrons. The summed E-state index contributed by atoms with van der Waals surface area (Å²) in [6.07, 6.45) is 3.42. The molecule has 11 heteroatoms. The number of halogens is 3. The number of amides is 2. The van der Waals surface area contributed by atoms with Gasteiger partial charge in [0, 0.05) is 41.5 Å². The van der Waals surface area contributed by atoms with Crippen LogP contribution < -0.4 is 5.32 Å². The number of carbonyl (C=O) groups is 2. The molecular weight excluding hydrogens is 492 g/mol. The maximum absolute atomic E-state index is 13.9. The topological polar surface area (TPSA) is 90.6 Å². The minimum atomic E-state index is -2.89. The van der Waals surface area contributed by atoms with E-state index >= 15 is 0 Å². The maximum Gasteiger partial charge on any atom is 0.265 e. The maximum atomic E-state index is 13.9. The van der Waals surface area contributed by atoms with Crippen molar-refractivity contribution < 1.29 is 23.1 Å². The number of aromatic nitrogens is 2. The Labute approximate surface area is 211 Å². The molecule has 0 aliphatic carbocycles. The number of anilines is 1. The SMILES string of the molecule is CC1(C)CN(CC(=O)N2CCCC(F)(F)C2)[C@H](C(=O)Nc2cc(Cl)cc3c2[nH]c2cnccc23)CO1. The zero-order chi connectivity index (χ0) is 25.7. The van der Waals surface area contributed by atoms with E-state index in [4.69, 9.17) is 16.3 Å². The molecule has 192 valence electrons. The average molecular weight is 520 g/mol. The van der Waals surface area contributed by atoms with E-state index in [1.54, 1.807) is 23.4 Å². The number of carbonyl (C=O) groups excluding carboxylic acids is 2. The number of ether oxygens (including phenoxy) is 1. The van der Waals surface area contributed by atoms with Crippen LogP contribution in [0.2, 0.25) is 5.02 Å². The van der Waals surface area contributed by atoms with Gasteiger partial charge in [0.2, 0.25) is 11.8 Å². The van der Waals surface area contributed by atoms with Crippen LogP contribution in [-0.4, -0.2) is 81.9 Å². The van der Waals surface area contributed by atoms with Gasteiger partial charge in [0.1, 0.15) is 6.04 Å². The Kier molecular flexibility index (Phi) is 6.38. The number of aromatic amines is 1. The Morgan fingerprint density at radius 1 is 1.28 bits per heavy atom. The van der Waals surface area contributed by atoms with Crippen LogP contribution in [-0.2, 0) is 14.3 Å². The van der Waals surface area contributed by atoms with Gasteiger partial charge in [-0.2, -0.15) is 0 Å². The molecule has 0 spiro atoms. The van der Waals surface area contributed by atoms with Crippen LogP contribution in [0.25, 0.3) is 21.8 Å². The summed E-state index contributed by atoms with van der Waals surface area (Å²) in [4.78, 5) is 36.8. The van der Waals surface area contributed by atoms with E-state index < -0.39 is 30.0 Å². The highest BCUT2D eigenvalue weighted by molar-refractivity contribution is 6.33. The number of morpholine rings is 1. The Morgan fingerprint density at radius 3 is 2.86 bits per heavy atom. The van der Waals surface area contributed by atoms with Crippen molar-refractivity contribution >= 4 is 50.9 Å². The van der Waals surface area contributed by atoms with E-state index in [1.807, 2.05) is 26.0 Å². The highest BCUT2D eigenvalue weighted by atomic mass is 35.5. The number of rotatable bonds is 4. The number of benzene rings is 1. The number of pyridine rings is 1. The average Bonchev–Trinajstić information content (AvgIpc) is 3.16. The summed E-state index contributed by atoms with van der Waals surface area (Å²) in [6, 6.07) is 4.55. The largest absolute Gasteiger partial charge is 0.372 e. The first-order valence-electron chi connectivity index (χ1n) is 11.9. The van der Waals surface area contributed by atoms with Gasteiger partial charge in [-0.1, -0.05) is 11.6 Å². The second-order valence-corrected chi connectivity index (χ2v) is 10.6. The molecule has 2 saturated heterocycles. The third kappa shape index (κ3) is 5.02. The lowest BCUT2D eigenvalue weighted by molar-refractivity contribution is -0.155. The number of H-pyrrole nitrogens is 1. The zero-order valence-corrected chi connectivity index (χ0v) is 20.9. The summed E-state index contributed by atoms with van der Waals surface area (Å²) in [6.45, 7) is 3.64. The molecule has 2 aliphatic rings. The molecule has 3 aromatic rings. The molecule has 0 unspecified atom stereocenters. The fourth-order valence-corrected chi connectivity index (χ4v) is 5.27. The van der Waals surface area contributed by atoms with Crippen molar-refractivity contribution in [2.45, 2.75) is 44.3 Å². The van der Waals surface area contributed by atoms with Crippen LogP contribution in [0.3, 0.4) is 0 Å². The zero-order valence-electron chi connectivity index (χ0n) is 20.1. The van der Waals surface area contributed by atoms with Gasteiger partial charge in [0.25, 0.3) is 5.92 Å². The second kappa shape index (κ2) is 9.24. The summed E-state index contributed by atoms with van der Waals surface area (Å²) < 4.78 is 33.7. The smallest absolute Gasteiger partial charge is 0.265 e. The van der Waals surface area contributed by atoms with Crippen molar-refractivity contribution in [3.63, 3.8) is 0 Å². The lowest BCUT2D eigenvalue weighted by Gasteiger charge is -2.43. The van der Waals surface area contributed by atoms with E-state index in [0.29, 0.717) is 22.8 Å². The van der Waals surface area contributed by atoms with Crippen molar-refractivity contribution in [3.8, 4) is 0 Å². The van der Waals surface area contributed by atoms with Crippen LogP contribution in [0.15, 0.2) is 30.6 Å². The molecule has 8 nitrogen and oxygen atoms in total. The number of fused-ring (bicyclic) bond motifs is 3. The first kappa shape index (κ1) is 24.9. The standard InChI is InChI=1S/C25H28ClF2N5O3/c1-24(2)13-33(11-21(34)32-7-3-5-25(27,28)14-32)20(12-36-24)23(35)31-18-9-15(26)8-17-16-4-6-29-10-19(16)30-22(17)18/h4,6,8-10,20,30H,3,5,7,11-14H2,1-2H3,(H,31,35)/t20-/m0/s1. The molecule has 2 aromatic heterocycles. The van der Waals surface area contributed by atoms with Gasteiger partial charge in [0.15, 0.2) is 0 Å². The molecule has 0 saturated carbocycles. The van der Waals surface area contributed by atoms with Gasteiger partial charge >= 0.3 is 0 Å². The van der Waals surface area contributed by atoms with Gasteiger partial charge in [-0.15, -0.1) is 0 Å². The van der Waals surface area contributed by atoms with Crippen LogP contribution in [0, 0.1) is 0 Å². The predicted molar refractivity (Wildman–Crippen MR) is 133 cm³/mol. The lowest BCUT2D eigenvalue weighted by atomic mass is 10.0. The number of alkyl halides is 2. The summed E-state index contributed by atoms with van der Waals surface area (Å²) >= 11 is 6.37. The summed E-state index contributed by atoms with van der Waals surface area (Å²) in [5.41, 5.74) is 1.39. The number of piperidine rings is 1. The Bertz CT molecular complexity index is 1330. The molecule has 0 bridgehead atoms. The molecule has 4 heterocycles. The summed E-state index contributed by atoms with van der Waals surface area (Å²) in [5, 5.41) is 5.16. The molecular formula is C25H28ClF2N5O3. The number of nitrogens with one attached hydrogen (secondary N) is 2. The third-order valence-electron chi connectivity index (χ3n) is 6.77. The minimum Gasteiger partial charge on any atom is -0.372 e. The first-order chi connectivity index (χ1) is 17.0. The van der Waals surface area contributed by atoms with Crippen LogP contribution in [0.4, 0.5) is 14.5 Å². The molecule has 1 aromatic carbocycles. The Morgan fingerprint density at radius 2 is 2.08 bits per heavy atom. The van der Waals surface area contributed by atoms with E-state index in [0.717, 1.165) is 16.3 Å². The van der Waals surface area contributed by atoms with Gasteiger partial charge in [-0.3, -0.25) is 19.5 Å². The van der Waals surface area contributed by atoms with Crippen LogP contribution in [0.5, 0.6) is 0 Å². The fraction of sp³-hybridized carbons (Fsp3) is 0.480. The molecule has 2 fully saturated rings. The van der Waals surface area contributed by atoms with Crippen molar-refractivity contribution in [1.29, 1.82) is 0 Å². The van der Waals surface area contributed by atoms with Gasteiger partial charge in [-0.25, -0.2) is 8.78 Å². The number of hydrogen-bond acceptors (Lipinski definition) is 5. The Balaban J connectivity index is 1.39. The summed E-state index contributed by atoms with van der Waals surface area (Å²) in [7, 11) is 0. The van der Waals surface area contributed by atoms with E-state index in [-0.39, 0.29) is 38.4 Å². The normalized spacial score (nSPS) is 22.1. The minimum absolute atomic E-state index is 0.0581. The van der Waals surface area contributed by atoms with Gasteiger partial charge in [0.05, 0.1) is 48.2 Å². The number of nitrogens with zero attached hydrogens (tertiary/aromatic N) is 3. The number of hydrogen-bond donors (Lipinski definition) is 2. The van der Waals surface area contributed by atoms with Crippen molar-refractivity contribution in [2.24, 2.45) is 0 Å². The van der Waals surface area contributed by atoms with Crippen molar-refractivity contribution in [1.82, 2.24) is 19.8 Å². The molecule has 36 heavy (non-hydrogen) atoms.